The van der Waals surface area contributed by atoms with E-state index in [1.807, 2.05) is 32.9 Å². The van der Waals surface area contributed by atoms with Crippen molar-refractivity contribution in [2.24, 2.45) is 11.8 Å². The minimum atomic E-state index is -0.854. The molecule has 1 fully saturated rings. The van der Waals surface area contributed by atoms with Gasteiger partial charge < -0.3 is 10.4 Å². The first-order valence-electron chi connectivity index (χ1n) is 7.51. The second-order valence-corrected chi connectivity index (χ2v) is 6.10. The smallest absolute Gasteiger partial charge is 0.307 e. The normalized spacial score (nSPS) is 21.9. The van der Waals surface area contributed by atoms with Crippen molar-refractivity contribution in [3.63, 3.8) is 0 Å². The lowest BCUT2D eigenvalue weighted by molar-refractivity contribution is -0.147. The first kappa shape index (κ1) is 15.5. The van der Waals surface area contributed by atoms with Gasteiger partial charge in [-0.05, 0) is 44.7 Å². The number of aryl methyl sites for hydroxylation is 3. The predicted octanol–water partition coefficient (Wildman–Crippen LogP) is 3.44. The Bertz CT molecular complexity index is 542. The van der Waals surface area contributed by atoms with E-state index in [2.05, 4.69) is 5.32 Å². The number of carbonyl (C=O) groups is 2. The predicted molar refractivity (Wildman–Crippen MR) is 82.4 cm³/mol. The summed E-state index contributed by atoms with van der Waals surface area (Å²) in [6.45, 7) is 5.95. The largest absolute Gasteiger partial charge is 0.481 e. The third kappa shape index (κ3) is 3.43. The van der Waals surface area contributed by atoms with Gasteiger partial charge in [0.05, 0.1) is 11.8 Å². The molecule has 0 spiro atoms. The van der Waals surface area contributed by atoms with Gasteiger partial charge in [-0.25, -0.2) is 0 Å². The average molecular weight is 289 g/mol. The van der Waals surface area contributed by atoms with Gasteiger partial charge in [0.1, 0.15) is 0 Å². The lowest BCUT2D eigenvalue weighted by atomic mass is 9.78. The molecule has 4 nitrogen and oxygen atoms in total. The van der Waals surface area contributed by atoms with Crippen LogP contribution in [0.3, 0.4) is 0 Å². The molecule has 0 unspecified atom stereocenters. The molecule has 21 heavy (non-hydrogen) atoms. The van der Waals surface area contributed by atoms with Crippen molar-refractivity contribution >= 4 is 17.6 Å². The molecule has 1 aliphatic carbocycles. The second-order valence-electron chi connectivity index (χ2n) is 6.10. The zero-order valence-corrected chi connectivity index (χ0v) is 12.9. The summed E-state index contributed by atoms with van der Waals surface area (Å²) >= 11 is 0. The van der Waals surface area contributed by atoms with Crippen molar-refractivity contribution in [1.82, 2.24) is 0 Å². The Kier molecular flexibility index (Phi) is 4.66. The molecule has 4 heteroatoms. The van der Waals surface area contributed by atoms with Crippen LogP contribution in [0.5, 0.6) is 0 Å². The number of carbonyl (C=O) groups excluding carboxylic acids is 1. The minimum Gasteiger partial charge on any atom is -0.481 e. The van der Waals surface area contributed by atoms with Crippen molar-refractivity contribution in [2.75, 3.05) is 5.32 Å². The van der Waals surface area contributed by atoms with Gasteiger partial charge in [0.2, 0.25) is 5.91 Å². The molecule has 1 saturated carbocycles. The molecule has 1 amide bonds. The van der Waals surface area contributed by atoms with E-state index in [0.717, 1.165) is 35.2 Å². The topological polar surface area (TPSA) is 66.4 Å². The third-order valence-electron chi connectivity index (χ3n) is 4.35. The van der Waals surface area contributed by atoms with E-state index >= 15 is 0 Å². The van der Waals surface area contributed by atoms with Crippen LogP contribution in [-0.2, 0) is 9.59 Å². The van der Waals surface area contributed by atoms with Gasteiger partial charge in [-0.3, -0.25) is 9.59 Å². The van der Waals surface area contributed by atoms with Crippen LogP contribution in [0.2, 0.25) is 0 Å². The van der Waals surface area contributed by atoms with Crippen LogP contribution in [0, 0.1) is 32.6 Å². The van der Waals surface area contributed by atoms with E-state index in [9.17, 15) is 14.7 Å². The summed E-state index contributed by atoms with van der Waals surface area (Å²) in [5.41, 5.74) is 4.01. The lowest BCUT2D eigenvalue weighted by Crippen LogP contribution is -2.36. The molecular weight excluding hydrogens is 266 g/mol. The van der Waals surface area contributed by atoms with Crippen LogP contribution in [0.1, 0.15) is 42.4 Å². The van der Waals surface area contributed by atoms with Crippen molar-refractivity contribution in [2.45, 2.75) is 46.5 Å². The second kappa shape index (κ2) is 6.29. The maximum atomic E-state index is 12.5. The van der Waals surface area contributed by atoms with E-state index in [-0.39, 0.29) is 5.91 Å². The van der Waals surface area contributed by atoms with Crippen LogP contribution in [0.15, 0.2) is 12.1 Å². The molecule has 0 aliphatic heterocycles. The first-order valence-corrected chi connectivity index (χ1v) is 7.51. The SMILES string of the molecule is Cc1cc(C)c(NC(=O)[C@@H]2CCCC[C@@H]2C(=O)O)c(C)c1. The number of hydrogen-bond donors (Lipinski definition) is 2. The Morgan fingerprint density at radius 2 is 1.57 bits per heavy atom. The molecule has 0 heterocycles. The third-order valence-corrected chi connectivity index (χ3v) is 4.35. The molecule has 1 aromatic carbocycles. The molecule has 2 rings (SSSR count). The average Bonchev–Trinajstić information content (AvgIpc) is 2.42. The summed E-state index contributed by atoms with van der Waals surface area (Å²) in [4.78, 5) is 23.8. The number of carboxylic acid groups (broad SMARTS) is 1. The van der Waals surface area contributed by atoms with Crippen LogP contribution in [-0.4, -0.2) is 17.0 Å². The fraction of sp³-hybridized carbons (Fsp3) is 0.529. The number of carboxylic acids is 1. The number of rotatable bonds is 3. The maximum Gasteiger partial charge on any atom is 0.307 e. The van der Waals surface area contributed by atoms with Gasteiger partial charge in [-0.1, -0.05) is 30.5 Å². The highest BCUT2D eigenvalue weighted by Crippen LogP contribution is 2.32. The highest BCUT2D eigenvalue weighted by Gasteiger charge is 2.35. The molecule has 2 N–H and O–H groups in total. The molecule has 0 radical (unpaired) electrons. The standard InChI is InChI=1S/C17H23NO3/c1-10-8-11(2)15(12(3)9-10)18-16(19)13-6-4-5-7-14(13)17(20)21/h8-9,13-14H,4-7H2,1-3H3,(H,18,19)(H,20,21)/t13-,14+/m1/s1. The van der Waals surface area contributed by atoms with E-state index in [1.54, 1.807) is 0 Å². The van der Waals surface area contributed by atoms with E-state index < -0.39 is 17.8 Å². The minimum absolute atomic E-state index is 0.155. The monoisotopic (exact) mass is 289 g/mol. The molecule has 1 aromatic rings. The van der Waals surface area contributed by atoms with E-state index in [1.165, 1.54) is 0 Å². The van der Waals surface area contributed by atoms with Crippen LogP contribution in [0.4, 0.5) is 5.69 Å². The molecule has 1 aliphatic rings. The Morgan fingerprint density at radius 1 is 1.05 bits per heavy atom. The van der Waals surface area contributed by atoms with E-state index in [4.69, 9.17) is 0 Å². The highest BCUT2D eigenvalue weighted by atomic mass is 16.4. The van der Waals surface area contributed by atoms with Crippen molar-refractivity contribution in [3.8, 4) is 0 Å². The zero-order chi connectivity index (χ0) is 15.6. The van der Waals surface area contributed by atoms with Gasteiger partial charge in [0, 0.05) is 5.69 Å². The number of hydrogen-bond acceptors (Lipinski definition) is 2. The molecule has 0 saturated heterocycles. The number of amides is 1. The Hall–Kier alpha value is -1.84. The van der Waals surface area contributed by atoms with Crippen LogP contribution < -0.4 is 5.32 Å². The van der Waals surface area contributed by atoms with Crippen molar-refractivity contribution < 1.29 is 14.7 Å². The van der Waals surface area contributed by atoms with Crippen LogP contribution >= 0.6 is 0 Å². The highest BCUT2D eigenvalue weighted by molar-refractivity contribution is 5.96. The van der Waals surface area contributed by atoms with Gasteiger partial charge in [0.15, 0.2) is 0 Å². The number of anilines is 1. The van der Waals surface area contributed by atoms with Gasteiger partial charge in [0.25, 0.3) is 0 Å². The molecular formula is C17H23NO3. The van der Waals surface area contributed by atoms with Gasteiger partial charge in [-0.2, -0.15) is 0 Å². The lowest BCUT2D eigenvalue weighted by Gasteiger charge is -2.28. The van der Waals surface area contributed by atoms with Crippen LogP contribution in [0.25, 0.3) is 0 Å². The summed E-state index contributed by atoms with van der Waals surface area (Å²) in [5, 5.41) is 12.2. The van der Waals surface area contributed by atoms with E-state index in [0.29, 0.717) is 12.8 Å². The van der Waals surface area contributed by atoms with Crippen molar-refractivity contribution in [1.29, 1.82) is 0 Å². The zero-order valence-electron chi connectivity index (χ0n) is 12.9. The van der Waals surface area contributed by atoms with Crippen molar-refractivity contribution in [3.05, 3.63) is 28.8 Å². The number of nitrogens with one attached hydrogen (secondary N) is 1. The summed E-state index contributed by atoms with van der Waals surface area (Å²) in [6.07, 6.45) is 3.07. The van der Waals surface area contributed by atoms with Gasteiger partial charge >= 0.3 is 5.97 Å². The number of benzene rings is 1. The summed E-state index contributed by atoms with van der Waals surface area (Å²) in [5.74, 6) is -1.98. The molecule has 0 aromatic heterocycles. The summed E-state index contributed by atoms with van der Waals surface area (Å²) < 4.78 is 0. The first-order chi connectivity index (χ1) is 9.90. The molecule has 2 atom stereocenters. The Morgan fingerprint density at radius 3 is 2.10 bits per heavy atom. The molecule has 0 bridgehead atoms. The summed E-state index contributed by atoms with van der Waals surface area (Å²) in [7, 11) is 0. The summed E-state index contributed by atoms with van der Waals surface area (Å²) in [6, 6.07) is 4.05. The fourth-order valence-corrected chi connectivity index (χ4v) is 3.33. The Labute approximate surface area is 125 Å². The quantitative estimate of drug-likeness (QED) is 0.895. The van der Waals surface area contributed by atoms with Gasteiger partial charge in [-0.15, -0.1) is 0 Å². The number of aliphatic carboxylic acids is 1. The molecule has 114 valence electrons. The Balaban J connectivity index is 2.19. The fourth-order valence-electron chi connectivity index (χ4n) is 3.33. The maximum absolute atomic E-state index is 12.5.